The lowest BCUT2D eigenvalue weighted by atomic mass is 10.0. The van der Waals surface area contributed by atoms with E-state index in [2.05, 4.69) is 12.2 Å². The van der Waals surface area contributed by atoms with Crippen LogP contribution in [0, 0.1) is 5.92 Å². The number of carbonyl (C=O) groups is 1. The molecule has 2 atom stereocenters. The number of piperidine rings is 1. The predicted octanol–water partition coefficient (Wildman–Crippen LogP) is 0.750. The van der Waals surface area contributed by atoms with Crippen LogP contribution in [-0.2, 0) is 4.79 Å². The van der Waals surface area contributed by atoms with Gasteiger partial charge >= 0.3 is 0 Å². The summed E-state index contributed by atoms with van der Waals surface area (Å²) in [7, 11) is 0. The molecule has 0 aromatic heterocycles. The van der Waals surface area contributed by atoms with Gasteiger partial charge in [0.15, 0.2) is 0 Å². The molecule has 1 fully saturated rings. The molecule has 9 heavy (non-hydrogen) atoms. The van der Waals surface area contributed by atoms with Gasteiger partial charge in [-0.25, -0.2) is 0 Å². The average molecular weight is 148 g/mol. The Morgan fingerprint density at radius 2 is 2.44 bits per heavy atom. The molecule has 1 amide bonds. The molecule has 0 aliphatic carbocycles. The van der Waals surface area contributed by atoms with Gasteiger partial charge in [0.25, 0.3) is 0 Å². The van der Waals surface area contributed by atoms with E-state index in [0.717, 1.165) is 13.0 Å². The molecule has 52 valence electrons. The molecule has 1 N–H and O–H groups in total. The van der Waals surface area contributed by atoms with Crippen molar-refractivity contribution in [3.05, 3.63) is 0 Å². The van der Waals surface area contributed by atoms with E-state index >= 15 is 0 Å². The lowest BCUT2D eigenvalue weighted by molar-refractivity contribution is -0.122. The fourth-order valence-electron chi connectivity index (χ4n) is 0.929. The highest BCUT2D eigenvalue weighted by atomic mass is 35.5. The SMILES string of the molecule is CC1CNC(=O)C(Cl)C1. The van der Waals surface area contributed by atoms with Crippen molar-refractivity contribution in [1.82, 2.24) is 5.32 Å². The maximum Gasteiger partial charge on any atom is 0.238 e. The Morgan fingerprint density at radius 3 is 2.89 bits per heavy atom. The predicted molar refractivity (Wildman–Crippen MR) is 36.4 cm³/mol. The Labute approximate surface area is 59.6 Å². The topological polar surface area (TPSA) is 29.1 Å². The van der Waals surface area contributed by atoms with Gasteiger partial charge in [-0.2, -0.15) is 0 Å². The van der Waals surface area contributed by atoms with Crippen molar-refractivity contribution < 1.29 is 4.79 Å². The van der Waals surface area contributed by atoms with Gasteiger partial charge in [-0.3, -0.25) is 4.79 Å². The summed E-state index contributed by atoms with van der Waals surface area (Å²) < 4.78 is 0. The van der Waals surface area contributed by atoms with Crippen LogP contribution >= 0.6 is 11.6 Å². The number of hydrogen-bond donors (Lipinski definition) is 1. The van der Waals surface area contributed by atoms with Crippen molar-refractivity contribution in [3.8, 4) is 0 Å². The van der Waals surface area contributed by atoms with Crippen LogP contribution in [0.4, 0.5) is 0 Å². The van der Waals surface area contributed by atoms with E-state index in [4.69, 9.17) is 11.6 Å². The number of hydrogen-bond acceptors (Lipinski definition) is 1. The minimum absolute atomic E-state index is 0.0187. The minimum Gasteiger partial charge on any atom is -0.355 e. The molecule has 0 aromatic rings. The normalized spacial score (nSPS) is 36.0. The smallest absolute Gasteiger partial charge is 0.238 e. The molecule has 1 rings (SSSR count). The molecule has 3 heteroatoms. The zero-order chi connectivity index (χ0) is 6.85. The number of amides is 1. The van der Waals surface area contributed by atoms with Crippen molar-refractivity contribution in [3.63, 3.8) is 0 Å². The van der Waals surface area contributed by atoms with E-state index in [1.807, 2.05) is 0 Å². The fourth-order valence-corrected chi connectivity index (χ4v) is 1.31. The highest BCUT2D eigenvalue weighted by molar-refractivity contribution is 6.30. The van der Waals surface area contributed by atoms with Crippen LogP contribution in [0.5, 0.6) is 0 Å². The van der Waals surface area contributed by atoms with Crippen LogP contribution in [0.3, 0.4) is 0 Å². The van der Waals surface area contributed by atoms with E-state index in [9.17, 15) is 4.79 Å². The van der Waals surface area contributed by atoms with E-state index in [0.29, 0.717) is 5.92 Å². The molecule has 0 radical (unpaired) electrons. The summed E-state index contributed by atoms with van der Waals surface area (Å²) in [6, 6.07) is 0. The van der Waals surface area contributed by atoms with Gasteiger partial charge in [0.1, 0.15) is 5.38 Å². The van der Waals surface area contributed by atoms with Crippen molar-refractivity contribution in [1.29, 1.82) is 0 Å². The van der Waals surface area contributed by atoms with Crippen LogP contribution in [0.25, 0.3) is 0 Å². The summed E-state index contributed by atoms with van der Waals surface area (Å²) >= 11 is 5.65. The van der Waals surface area contributed by atoms with Gasteiger partial charge in [-0.15, -0.1) is 11.6 Å². The molecule has 2 nitrogen and oxygen atoms in total. The Hall–Kier alpha value is -0.240. The van der Waals surface area contributed by atoms with E-state index < -0.39 is 0 Å². The average Bonchev–Trinajstić information content (AvgIpc) is 1.80. The molecule has 0 spiro atoms. The fraction of sp³-hybridized carbons (Fsp3) is 0.833. The van der Waals surface area contributed by atoms with Crippen LogP contribution < -0.4 is 5.32 Å². The zero-order valence-corrected chi connectivity index (χ0v) is 6.11. The second kappa shape index (κ2) is 2.56. The summed E-state index contributed by atoms with van der Waals surface area (Å²) in [5.74, 6) is 0.514. The first-order valence-corrected chi connectivity index (χ1v) is 3.55. The maximum absolute atomic E-state index is 10.7. The Balaban J connectivity index is 2.44. The third kappa shape index (κ3) is 1.58. The number of rotatable bonds is 0. The van der Waals surface area contributed by atoms with Gasteiger partial charge in [0.05, 0.1) is 0 Å². The molecule has 0 aromatic carbocycles. The lowest BCUT2D eigenvalue weighted by Crippen LogP contribution is -2.41. The first-order chi connectivity index (χ1) is 4.20. The van der Waals surface area contributed by atoms with Gasteiger partial charge < -0.3 is 5.32 Å². The number of carbonyl (C=O) groups excluding carboxylic acids is 1. The largest absolute Gasteiger partial charge is 0.355 e. The molecule has 1 aliphatic rings. The zero-order valence-electron chi connectivity index (χ0n) is 5.36. The van der Waals surface area contributed by atoms with Crippen molar-refractivity contribution in [2.45, 2.75) is 18.7 Å². The second-order valence-corrected chi connectivity index (χ2v) is 3.08. The summed E-state index contributed by atoms with van der Waals surface area (Å²) in [5, 5.41) is 2.41. The van der Waals surface area contributed by atoms with Crippen molar-refractivity contribution in [2.75, 3.05) is 6.54 Å². The third-order valence-corrected chi connectivity index (χ3v) is 1.89. The van der Waals surface area contributed by atoms with Crippen molar-refractivity contribution >= 4 is 17.5 Å². The second-order valence-electron chi connectivity index (χ2n) is 2.55. The Kier molecular flexibility index (Phi) is 1.96. The molecular formula is C6H10ClNO. The molecular weight excluding hydrogens is 138 g/mol. The van der Waals surface area contributed by atoms with Crippen LogP contribution in [0.1, 0.15) is 13.3 Å². The summed E-state index contributed by atoms with van der Waals surface area (Å²) in [5.41, 5.74) is 0. The van der Waals surface area contributed by atoms with Crippen molar-refractivity contribution in [2.24, 2.45) is 5.92 Å². The van der Waals surface area contributed by atoms with Gasteiger partial charge in [-0.1, -0.05) is 6.92 Å². The number of nitrogens with one attached hydrogen (secondary N) is 1. The number of alkyl halides is 1. The highest BCUT2D eigenvalue weighted by Gasteiger charge is 2.23. The quantitative estimate of drug-likeness (QED) is 0.504. The van der Waals surface area contributed by atoms with E-state index in [1.165, 1.54) is 0 Å². The van der Waals surface area contributed by atoms with Gasteiger partial charge in [0, 0.05) is 6.54 Å². The standard InChI is InChI=1S/C6H10ClNO/c1-4-2-5(7)6(9)8-3-4/h4-5H,2-3H2,1H3,(H,8,9). The maximum atomic E-state index is 10.7. The Morgan fingerprint density at radius 1 is 1.78 bits per heavy atom. The summed E-state index contributed by atoms with van der Waals surface area (Å²) in [6.07, 6.45) is 0.813. The lowest BCUT2D eigenvalue weighted by Gasteiger charge is -2.21. The first-order valence-electron chi connectivity index (χ1n) is 3.12. The molecule has 1 aliphatic heterocycles. The van der Waals surface area contributed by atoms with Gasteiger partial charge in [0.2, 0.25) is 5.91 Å². The van der Waals surface area contributed by atoms with Crippen LogP contribution in [0.2, 0.25) is 0 Å². The molecule has 0 saturated carbocycles. The molecule has 1 heterocycles. The molecule has 1 saturated heterocycles. The third-order valence-electron chi connectivity index (χ3n) is 1.52. The molecule has 0 bridgehead atoms. The van der Waals surface area contributed by atoms with E-state index in [1.54, 1.807) is 0 Å². The number of halogens is 1. The Bertz CT molecular complexity index is 126. The summed E-state index contributed by atoms with van der Waals surface area (Å²) in [6.45, 7) is 2.86. The monoisotopic (exact) mass is 147 g/mol. The minimum atomic E-state index is -0.297. The van der Waals surface area contributed by atoms with Crippen LogP contribution in [0.15, 0.2) is 0 Å². The van der Waals surface area contributed by atoms with Gasteiger partial charge in [-0.05, 0) is 12.3 Å². The molecule has 2 unspecified atom stereocenters. The van der Waals surface area contributed by atoms with Crippen LogP contribution in [-0.4, -0.2) is 17.8 Å². The van der Waals surface area contributed by atoms with E-state index in [-0.39, 0.29) is 11.3 Å². The highest BCUT2D eigenvalue weighted by Crippen LogP contribution is 2.14. The first kappa shape index (κ1) is 6.87. The summed E-state index contributed by atoms with van der Waals surface area (Å²) in [4.78, 5) is 10.7.